The number of nitrogens with one attached hydrogen (secondary N) is 1. The summed E-state index contributed by atoms with van der Waals surface area (Å²) in [6.45, 7) is 0.715. The molecule has 0 heterocycles. The van der Waals surface area contributed by atoms with Crippen LogP contribution in [-0.2, 0) is 16.1 Å². The van der Waals surface area contributed by atoms with Gasteiger partial charge in [0.1, 0.15) is 0 Å². The molecule has 0 spiro atoms. The van der Waals surface area contributed by atoms with E-state index in [0.717, 1.165) is 15.7 Å². The van der Waals surface area contributed by atoms with Gasteiger partial charge in [-0.3, -0.25) is 14.5 Å². The van der Waals surface area contributed by atoms with Gasteiger partial charge in [0.05, 0.1) is 25.3 Å². The Hall–Kier alpha value is -2.96. The Labute approximate surface area is 185 Å². The zero-order chi connectivity index (χ0) is 21.3. The lowest BCUT2D eigenvalue weighted by molar-refractivity contribution is -0.121. The molecule has 1 N–H and O–H groups in total. The summed E-state index contributed by atoms with van der Waals surface area (Å²) in [7, 11) is 1.77. The molecule has 0 aromatic heterocycles. The second-order valence-corrected chi connectivity index (χ2v) is 7.86. The first-order valence-electron chi connectivity index (χ1n) is 9.65. The third-order valence-corrected chi connectivity index (χ3v) is 5.21. The number of likely N-dealkylation sites (N-methyl/N-ethyl adjacent to an activating group) is 1. The number of carbonyl (C=O) groups is 2. The molecule has 30 heavy (non-hydrogen) atoms. The Bertz CT molecular complexity index is 980. The van der Waals surface area contributed by atoms with E-state index < -0.39 is 0 Å². The normalized spacial score (nSPS) is 10.6. The van der Waals surface area contributed by atoms with Gasteiger partial charge in [0, 0.05) is 10.2 Å². The van der Waals surface area contributed by atoms with E-state index in [1.54, 1.807) is 16.8 Å². The quantitative estimate of drug-likeness (QED) is 0.530. The Morgan fingerprint density at radius 1 is 0.833 bits per heavy atom. The summed E-state index contributed by atoms with van der Waals surface area (Å²) in [5.74, 6) is -0.243. The average molecular weight is 466 g/mol. The number of nitrogens with zero attached hydrogens (tertiary/aromatic N) is 2. The second kappa shape index (κ2) is 10.7. The van der Waals surface area contributed by atoms with Crippen LogP contribution in [-0.4, -0.2) is 36.9 Å². The van der Waals surface area contributed by atoms with Crippen LogP contribution in [0.5, 0.6) is 0 Å². The maximum Gasteiger partial charge on any atom is 0.241 e. The fourth-order valence-electron chi connectivity index (χ4n) is 3.07. The van der Waals surface area contributed by atoms with Crippen LogP contribution in [0.25, 0.3) is 0 Å². The lowest BCUT2D eigenvalue weighted by Gasteiger charge is -2.26. The van der Waals surface area contributed by atoms with Crippen LogP contribution < -0.4 is 10.2 Å². The highest BCUT2D eigenvalue weighted by molar-refractivity contribution is 9.10. The van der Waals surface area contributed by atoms with Gasteiger partial charge in [-0.15, -0.1) is 0 Å². The van der Waals surface area contributed by atoms with Crippen molar-refractivity contribution in [2.24, 2.45) is 0 Å². The maximum absolute atomic E-state index is 13.1. The van der Waals surface area contributed by atoms with E-state index in [2.05, 4.69) is 21.2 Å². The molecular formula is C24H24BrN3O2. The van der Waals surface area contributed by atoms with Crippen molar-refractivity contribution in [3.05, 3.63) is 95.0 Å². The van der Waals surface area contributed by atoms with Crippen LogP contribution in [0.4, 0.5) is 11.4 Å². The molecule has 3 aromatic carbocycles. The van der Waals surface area contributed by atoms with E-state index in [1.165, 1.54) is 0 Å². The zero-order valence-corrected chi connectivity index (χ0v) is 18.4. The predicted octanol–water partition coefficient (Wildman–Crippen LogP) is 4.55. The standard InChI is InChI=1S/C24H24BrN3O2/c1-27(17-23(29)26-22-15-9-8-14-21(22)25)18-24(30)28(20-12-6-3-7-13-20)16-19-10-4-2-5-11-19/h2-15H,16-18H2,1H3,(H,26,29). The van der Waals surface area contributed by atoms with Crippen LogP contribution in [0.3, 0.4) is 0 Å². The molecule has 2 amide bonds. The van der Waals surface area contributed by atoms with Gasteiger partial charge < -0.3 is 10.2 Å². The summed E-state index contributed by atoms with van der Waals surface area (Å²) in [6, 6.07) is 26.9. The molecule has 3 rings (SSSR count). The number of benzene rings is 3. The van der Waals surface area contributed by atoms with Gasteiger partial charge in [-0.25, -0.2) is 0 Å². The van der Waals surface area contributed by atoms with E-state index >= 15 is 0 Å². The van der Waals surface area contributed by atoms with E-state index in [-0.39, 0.29) is 24.9 Å². The lowest BCUT2D eigenvalue weighted by Crippen LogP contribution is -2.41. The summed E-state index contributed by atoms with van der Waals surface area (Å²) in [4.78, 5) is 29.0. The Morgan fingerprint density at radius 3 is 2.10 bits per heavy atom. The third-order valence-electron chi connectivity index (χ3n) is 4.52. The van der Waals surface area contributed by atoms with Gasteiger partial charge in [-0.1, -0.05) is 60.7 Å². The van der Waals surface area contributed by atoms with Gasteiger partial charge in [-0.2, -0.15) is 0 Å². The molecule has 0 aliphatic heterocycles. The highest BCUT2D eigenvalue weighted by atomic mass is 79.9. The molecule has 0 fully saturated rings. The maximum atomic E-state index is 13.1. The molecule has 0 unspecified atom stereocenters. The van der Waals surface area contributed by atoms with Crippen molar-refractivity contribution in [3.63, 3.8) is 0 Å². The Balaban J connectivity index is 1.64. The number of rotatable bonds is 8. The average Bonchev–Trinajstić information content (AvgIpc) is 2.75. The number of carbonyl (C=O) groups excluding carboxylic acids is 2. The third kappa shape index (κ3) is 6.27. The molecule has 0 atom stereocenters. The van der Waals surface area contributed by atoms with E-state index in [4.69, 9.17) is 0 Å². The minimum Gasteiger partial charge on any atom is -0.324 e. The first kappa shape index (κ1) is 21.7. The molecule has 6 heteroatoms. The molecule has 0 aliphatic carbocycles. The molecule has 0 radical (unpaired) electrons. The molecule has 0 aliphatic rings. The summed E-state index contributed by atoms with van der Waals surface area (Å²) in [5.41, 5.74) is 2.58. The minimum absolute atomic E-state index is 0.0683. The molecular weight excluding hydrogens is 442 g/mol. The minimum atomic E-state index is -0.175. The number of para-hydroxylation sites is 2. The number of hydrogen-bond acceptors (Lipinski definition) is 3. The van der Waals surface area contributed by atoms with E-state index in [1.807, 2.05) is 84.9 Å². The zero-order valence-electron chi connectivity index (χ0n) is 16.8. The molecule has 3 aromatic rings. The Kier molecular flexibility index (Phi) is 7.76. The molecule has 0 saturated carbocycles. The van der Waals surface area contributed by atoms with Crippen molar-refractivity contribution in [3.8, 4) is 0 Å². The fraction of sp³-hybridized carbons (Fsp3) is 0.167. The highest BCUT2D eigenvalue weighted by Crippen LogP contribution is 2.21. The summed E-state index contributed by atoms with van der Waals surface area (Å²) in [5, 5.41) is 2.86. The van der Waals surface area contributed by atoms with Gasteiger partial charge in [0.2, 0.25) is 11.8 Å². The van der Waals surface area contributed by atoms with Crippen molar-refractivity contribution in [1.29, 1.82) is 0 Å². The smallest absolute Gasteiger partial charge is 0.241 e. The second-order valence-electron chi connectivity index (χ2n) is 7.00. The van der Waals surface area contributed by atoms with Crippen LogP contribution in [0, 0.1) is 0 Å². The van der Waals surface area contributed by atoms with Gasteiger partial charge in [0.15, 0.2) is 0 Å². The summed E-state index contributed by atoms with van der Waals surface area (Å²) < 4.78 is 0.815. The summed E-state index contributed by atoms with van der Waals surface area (Å²) in [6.07, 6.45) is 0. The Morgan fingerprint density at radius 2 is 1.43 bits per heavy atom. The first-order valence-corrected chi connectivity index (χ1v) is 10.4. The van der Waals surface area contributed by atoms with Crippen LogP contribution >= 0.6 is 15.9 Å². The number of hydrogen-bond donors (Lipinski definition) is 1. The van der Waals surface area contributed by atoms with Crippen molar-refractivity contribution < 1.29 is 9.59 Å². The monoisotopic (exact) mass is 465 g/mol. The van der Waals surface area contributed by atoms with E-state index in [0.29, 0.717) is 12.2 Å². The number of anilines is 2. The van der Waals surface area contributed by atoms with Crippen molar-refractivity contribution in [2.45, 2.75) is 6.54 Å². The number of halogens is 1. The SMILES string of the molecule is CN(CC(=O)Nc1ccccc1Br)CC(=O)N(Cc1ccccc1)c1ccccc1. The van der Waals surface area contributed by atoms with Gasteiger partial charge in [0.25, 0.3) is 0 Å². The van der Waals surface area contributed by atoms with Crippen molar-refractivity contribution in [2.75, 3.05) is 30.4 Å². The number of amides is 2. The molecule has 5 nitrogen and oxygen atoms in total. The summed E-state index contributed by atoms with van der Waals surface area (Å²) >= 11 is 3.42. The fourth-order valence-corrected chi connectivity index (χ4v) is 3.45. The largest absolute Gasteiger partial charge is 0.324 e. The molecule has 154 valence electrons. The predicted molar refractivity (Wildman–Crippen MR) is 124 cm³/mol. The van der Waals surface area contributed by atoms with Crippen LogP contribution in [0.2, 0.25) is 0 Å². The lowest BCUT2D eigenvalue weighted by atomic mass is 10.2. The topological polar surface area (TPSA) is 52.7 Å². The first-order chi connectivity index (χ1) is 14.5. The van der Waals surface area contributed by atoms with Gasteiger partial charge in [-0.05, 0) is 52.8 Å². The van der Waals surface area contributed by atoms with E-state index in [9.17, 15) is 9.59 Å². The van der Waals surface area contributed by atoms with Crippen LogP contribution in [0.1, 0.15) is 5.56 Å². The molecule has 0 saturated heterocycles. The van der Waals surface area contributed by atoms with Gasteiger partial charge >= 0.3 is 0 Å². The van der Waals surface area contributed by atoms with Crippen LogP contribution in [0.15, 0.2) is 89.4 Å². The van der Waals surface area contributed by atoms with Crippen molar-refractivity contribution >= 4 is 39.1 Å². The highest BCUT2D eigenvalue weighted by Gasteiger charge is 2.19. The molecule has 0 bridgehead atoms. The van der Waals surface area contributed by atoms with Crippen molar-refractivity contribution in [1.82, 2.24) is 4.90 Å².